The molecule has 2 N–H and O–H groups in total. The third kappa shape index (κ3) is 2.23. The van der Waals surface area contributed by atoms with Crippen LogP contribution in [0.25, 0.3) is 10.6 Å². The van der Waals surface area contributed by atoms with Crippen molar-refractivity contribution in [1.82, 2.24) is 10.2 Å². The highest BCUT2D eigenvalue weighted by Gasteiger charge is 2.33. The Morgan fingerprint density at radius 1 is 1.44 bits per heavy atom. The molecule has 0 saturated heterocycles. The molecule has 4 nitrogen and oxygen atoms in total. The Kier molecular flexibility index (Phi) is 2.89. The summed E-state index contributed by atoms with van der Waals surface area (Å²) in [6, 6.07) is 2.27. The minimum Gasteiger partial charge on any atom is -0.477 e. The number of hydrogen-bond acceptors (Lipinski definition) is 3. The van der Waals surface area contributed by atoms with E-state index in [0.29, 0.717) is 10.4 Å². The number of H-pyrrole nitrogens is 1. The minimum absolute atomic E-state index is 0.0686. The average molecular weight is 276 g/mol. The Bertz CT molecular complexity index is 601. The van der Waals surface area contributed by atoms with Crippen LogP contribution >= 0.6 is 11.3 Å². The van der Waals surface area contributed by atoms with E-state index in [1.54, 1.807) is 6.92 Å². The van der Waals surface area contributed by atoms with Crippen LogP contribution in [0, 0.1) is 6.92 Å². The number of aromatic nitrogens is 2. The maximum absolute atomic E-state index is 12.4. The third-order valence-electron chi connectivity index (χ3n) is 2.24. The number of rotatable bonds is 2. The van der Waals surface area contributed by atoms with Gasteiger partial charge in [0.05, 0.1) is 4.88 Å². The van der Waals surface area contributed by atoms with Gasteiger partial charge in [0.1, 0.15) is 16.3 Å². The average Bonchev–Trinajstić information content (AvgIpc) is 2.81. The van der Waals surface area contributed by atoms with Crippen molar-refractivity contribution in [1.29, 1.82) is 0 Å². The molecule has 2 rings (SSSR count). The van der Waals surface area contributed by atoms with E-state index in [1.807, 2.05) is 5.10 Å². The van der Waals surface area contributed by atoms with Gasteiger partial charge in [-0.2, -0.15) is 18.3 Å². The van der Waals surface area contributed by atoms with Crippen molar-refractivity contribution in [3.05, 3.63) is 28.3 Å². The lowest BCUT2D eigenvalue weighted by molar-refractivity contribution is -0.141. The molecule has 18 heavy (non-hydrogen) atoms. The van der Waals surface area contributed by atoms with Gasteiger partial charge in [0.25, 0.3) is 0 Å². The van der Waals surface area contributed by atoms with Crippen LogP contribution in [0.1, 0.15) is 20.9 Å². The normalized spacial score (nSPS) is 11.8. The molecule has 0 atom stereocenters. The number of carbonyl (C=O) groups is 1. The fourth-order valence-corrected chi connectivity index (χ4v) is 2.40. The molecule has 0 aromatic carbocycles. The first kappa shape index (κ1) is 12.6. The van der Waals surface area contributed by atoms with E-state index in [9.17, 15) is 18.0 Å². The summed E-state index contributed by atoms with van der Waals surface area (Å²) in [7, 11) is 0. The van der Waals surface area contributed by atoms with Crippen LogP contribution in [0.4, 0.5) is 13.2 Å². The van der Waals surface area contributed by atoms with E-state index in [0.717, 1.165) is 17.4 Å². The summed E-state index contributed by atoms with van der Waals surface area (Å²) in [4.78, 5) is 11.2. The zero-order valence-electron chi connectivity index (χ0n) is 9.00. The first-order chi connectivity index (χ1) is 8.29. The van der Waals surface area contributed by atoms with Crippen molar-refractivity contribution in [2.45, 2.75) is 13.1 Å². The number of nitrogens with one attached hydrogen (secondary N) is 1. The smallest absolute Gasteiger partial charge is 0.432 e. The number of aromatic carboxylic acids is 1. The van der Waals surface area contributed by atoms with E-state index in [4.69, 9.17) is 5.11 Å². The number of aryl methyl sites for hydroxylation is 1. The second-order valence-corrected chi connectivity index (χ2v) is 4.64. The summed E-state index contributed by atoms with van der Waals surface area (Å²) < 4.78 is 37.2. The molecule has 0 radical (unpaired) electrons. The predicted octanol–water partition coefficient (Wildman–Crippen LogP) is 3.16. The van der Waals surface area contributed by atoms with Crippen LogP contribution in [-0.2, 0) is 6.18 Å². The number of carboxylic acid groups (broad SMARTS) is 1. The van der Waals surface area contributed by atoms with Crippen LogP contribution in [0.2, 0.25) is 0 Å². The highest BCUT2D eigenvalue weighted by molar-refractivity contribution is 7.17. The molecule has 96 valence electrons. The zero-order valence-corrected chi connectivity index (χ0v) is 9.82. The molecule has 0 saturated carbocycles. The fourth-order valence-electron chi connectivity index (χ4n) is 1.43. The number of halogens is 3. The number of carboxylic acids is 1. The van der Waals surface area contributed by atoms with Gasteiger partial charge in [-0.05, 0) is 24.6 Å². The van der Waals surface area contributed by atoms with Gasteiger partial charge in [0.2, 0.25) is 0 Å². The number of thiophene rings is 1. The molecule has 0 spiro atoms. The van der Waals surface area contributed by atoms with E-state index < -0.39 is 17.8 Å². The molecule has 0 unspecified atom stereocenters. The summed E-state index contributed by atoms with van der Waals surface area (Å²) in [5, 5.41) is 14.3. The molecule has 0 aliphatic carbocycles. The molecular formula is C10H7F3N2O2S. The second kappa shape index (κ2) is 4.13. The Morgan fingerprint density at radius 2 is 2.11 bits per heavy atom. The lowest BCUT2D eigenvalue weighted by Crippen LogP contribution is -2.04. The fraction of sp³-hybridized carbons (Fsp3) is 0.200. The van der Waals surface area contributed by atoms with Gasteiger partial charge < -0.3 is 5.11 Å². The molecule has 0 aliphatic rings. The molecule has 0 aliphatic heterocycles. The van der Waals surface area contributed by atoms with Crippen LogP contribution in [-0.4, -0.2) is 21.3 Å². The molecule has 8 heteroatoms. The Morgan fingerprint density at radius 3 is 2.56 bits per heavy atom. The van der Waals surface area contributed by atoms with Gasteiger partial charge in [-0.3, -0.25) is 5.10 Å². The highest BCUT2D eigenvalue weighted by Crippen LogP contribution is 2.35. The van der Waals surface area contributed by atoms with Crippen LogP contribution in [0.3, 0.4) is 0 Å². The summed E-state index contributed by atoms with van der Waals surface area (Å²) in [6.07, 6.45) is -4.49. The summed E-state index contributed by atoms with van der Waals surface area (Å²) in [5.41, 5.74) is -0.280. The van der Waals surface area contributed by atoms with Crippen molar-refractivity contribution in [2.24, 2.45) is 0 Å². The molecule has 2 aromatic rings. The van der Waals surface area contributed by atoms with E-state index in [-0.39, 0.29) is 10.6 Å². The number of aromatic amines is 1. The van der Waals surface area contributed by atoms with Crippen molar-refractivity contribution in [2.75, 3.05) is 0 Å². The molecule has 0 fully saturated rings. The van der Waals surface area contributed by atoms with Gasteiger partial charge in [-0.15, -0.1) is 11.3 Å². The second-order valence-electron chi connectivity index (χ2n) is 3.59. The SMILES string of the molecule is Cc1cc(C(=O)O)sc1-c1cc(C(F)(F)F)[nH]n1. The summed E-state index contributed by atoms with van der Waals surface area (Å²) in [6.45, 7) is 1.63. The van der Waals surface area contributed by atoms with Gasteiger partial charge in [-0.1, -0.05) is 0 Å². The molecule has 2 heterocycles. The summed E-state index contributed by atoms with van der Waals surface area (Å²) >= 11 is 0.895. The number of nitrogens with zero attached hydrogens (tertiary/aromatic N) is 1. The lowest BCUT2D eigenvalue weighted by atomic mass is 10.2. The van der Waals surface area contributed by atoms with Crippen molar-refractivity contribution < 1.29 is 23.1 Å². The van der Waals surface area contributed by atoms with E-state index in [2.05, 4.69) is 5.10 Å². The Hall–Kier alpha value is -1.83. The van der Waals surface area contributed by atoms with E-state index >= 15 is 0 Å². The third-order valence-corrected chi connectivity index (χ3v) is 3.49. The van der Waals surface area contributed by atoms with Crippen molar-refractivity contribution in [3.8, 4) is 10.6 Å². The standard InChI is InChI=1S/C10H7F3N2O2S/c1-4-2-6(9(16)17)18-8(4)5-3-7(15-14-5)10(11,12)13/h2-3H,1H3,(H,14,15)(H,16,17). The number of alkyl halides is 3. The molecule has 0 amide bonds. The lowest BCUT2D eigenvalue weighted by Gasteiger charge is -1.99. The van der Waals surface area contributed by atoms with Gasteiger partial charge in [-0.25, -0.2) is 4.79 Å². The van der Waals surface area contributed by atoms with E-state index in [1.165, 1.54) is 6.07 Å². The van der Waals surface area contributed by atoms with Gasteiger partial charge in [0.15, 0.2) is 0 Å². The van der Waals surface area contributed by atoms with Crippen LogP contribution in [0.5, 0.6) is 0 Å². The molecule has 2 aromatic heterocycles. The molecular weight excluding hydrogens is 269 g/mol. The van der Waals surface area contributed by atoms with Crippen LogP contribution < -0.4 is 0 Å². The Balaban J connectivity index is 2.43. The van der Waals surface area contributed by atoms with Crippen LogP contribution in [0.15, 0.2) is 12.1 Å². The summed E-state index contributed by atoms with van der Waals surface area (Å²) in [5.74, 6) is -1.11. The van der Waals surface area contributed by atoms with Crippen molar-refractivity contribution in [3.63, 3.8) is 0 Å². The zero-order chi connectivity index (χ0) is 13.5. The monoisotopic (exact) mass is 276 g/mol. The highest BCUT2D eigenvalue weighted by atomic mass is 32.1. The van der Waals surface area contributed by atoms with Crippen molar-refractivity contribution >= 4 is 17.3 Å². The largest absolute Gasteiger partial charge is 0.477 e. The first-order valence-electron chi connectivity index (χ1n) is 4.75. The topological polar surface area (TPSA) is 66.0 Å². The maximum atomic E-state index is 12.4. The first-order valence-corrected chi connectivity index (χ1v) is 5.57. The molecule has 0 bridgehead atoms. The minimum atomic E-state index is -4.49. The predicted molar refractivity (Wildman–Crippen MR) is 58.6 cm³/mol. The number of hydrogen-bond donors (Lipinski definition) is 2. The van der Waals surface area contributed by atoms with Gasteiger partial charge >= 0.3 is 12.1 Å². The quantitative estimate of drug-likeness (QED) is 0.885. The Labute approximate surface area is 103 Å². The van der Waals surface area contributed by atoms with Gasteiger partial charge in [0, 0.05) is 0 Å². The maximum Gasteiger partial charge on any atom is 0.432 e.